The monoisotopic (exact) mass is 242 g/mol. The van der Waals surface area contributed by atoms with Crippen LogP contribution in [0.25, 0.3) is 0 Å². The zero-order valence-corrected chi connectivity index (χ0v) is 11.6. The Hall–Kier alpha value is -1.33. The highest BCUT2D eigenvalue weighted by Gasteiger charge is 2.24. The molecule has 2 rings (SSSR count). The molecule has 0 spiro atoms. The van der Waals surface area contributed by atoms with Gasteiger partial charge in [-0.3, -0.25) is 4.90 Å². The summed E-state index contributed by atoms with van der Waals surface area (Å²) in [7, 11) is 0. The van der Waals surface area contributed by atoms with Crippen LogP contribution in [0.3, 0.4) is 0 Å². The summed E-state index contributed by atoms with van der Waals surface area (Å²) >= 11 is 0. The highest BCUT2D eigenvalue weighted by atomic mass is 15.2. The Morgan fingerprint density at radius 1 is 1.28 bits per heavy atom. The molecule has 1 saturated heterocycles. The van der Waals surface area contributed by atoms with E-state index in [2.05, 4.69) is 37.8 Å². The average Bonchev–Trinajstić information content (AvgIpc) is 2.35. The minimum absolute atomic E-state index is 0.670. The smallest absolute Gasteiger partial charge is 0.0991 e. The maximum Gasteiger partial charge on any atom is 0.0991 e. The fraction of sp³-hybridized carbons (Fsp3) is 0.562. The lowest BCUT2D eigenvalue weighted by molar-refractivity contribution is 0.0951. The average molecular weight is 242 g/mol. The van der Waals surface area contributed by atoms with E-state index in [1.54, 1.807) is 0 Å². The lowest BCUT2D eigenvalue weighted by Crippen LogP contribution is -2.43. The lowest BCUT2D eigenvalue weighted by atomic mass is 9.95. The Balaban J connectivity index is 2.15. The summed E-state index contributed by atoms with van der Waals surface area (Å²) in [4.78, 5) is 2.60. The van der Waals surface area contributed by atoms with Crippen LogP contribution in [0.2, 0.25) is 0 Å². The molecule has 0 N–H and O–H groups in total. The second-order valence-corrected chi connectivity index (χ2v) is 5.55. The molecular formula is C16H22N2. The zero-order valence-electron chi connectivity index (χ0n) is 11.6. The summed E-state index contributed by atoms with van der Waals surface area (Å²) in [6.45, 7) is 7.78. The molecular weight excluding hydrogens is 220 g/mol. The molecule has 0 aliphatic carbocycles. The van der Waals surface area contributed by atoms with Gasteiger partial charge in [-0.1, -0.05) is 12.5 Å². The summed E-state index contributed by atoms with van der Waals surface area (Å²) in [5.41, 5.74) is 3.35. The van der Waals surface area contributed by atoms with Crippen LogP contribution in [0.1, 0.15) is 49.8 Å². The fourth-order valence-corrected chi connectivity index (χ4v) is 2.93. The molecule has 1 fully saturated rings. The van der Waals surface area contributed by atoms with Crippen molar-refractivity contribution < 1.29 is 0 Å². The number of nitrogens with zero attached hydrogens (tertiary/aromatic N) is 2. The highest BCUT2D eigenvalue weighted by Crippen LogP contribution is 2.25. The van der Waals surface area contributed by atoms with Crippen molar-refractivity contribution in [2.24, 2.45) is 0 Å². The van der Waals surface area contributed by atoms with Gasteiger partial charge in [0.25, 0.3) is 0 Å². The Morgan fingerprint density at radius 2 is 1.94 bits per heavy atom. The first-order valence-electron chi connectivity index (χ1n) is 6.87. The van der Waals surface area contributed by atoms with Crippen LogP contribution in [0.15, 0.2) is 18.2 Å². The van der Waals surface area contributed by atoms with Crippen molar-refractivity contribution in [1.82, 2.24) is 4.90 Å². The number of aryl methyl sites for hydroxylation is 1. The van der Waals surface area contributed by atoms with E-state index in [1.807, 2.05) is 12.1 Å². The Morgan fingerprint density at radius 3 is 2.50 bits per heavy atom. The van der Waals surface area contributed by atoms with Crippen LogP contribution in [-0.2, 0) is 6.54 Å². The van der Waals surface area contributed by atoms with Crippen LogP contribution in [-0.4, -0.2) is 17.0 Å². The number of hydrogen-bond donors (Lipinski definition) is 0. The maximum absolute atomic E-state index is 8.90. The van der Waals surface area contributed by atoms with Crippen molar-refractivity contribution in [1.29, 1.82) is 5.26 Å². The third kappa shape index (κ3) is 2.73. The van der Waals surface area contributed by atoms with Gasteiger partial charge in [-0.15, -0.1) is 0 Å². The Labute approximate surface area is 110 Å². The van der Waals surface area contributed by atoms with Gasteiger partial charge in [-0.2, -0.15) is 5.26 Å². The quantitative estimate of drug-likeness (QED) is 0.792. The fourth-order valence-electron chi connectivity index (χ4n) is 2.93. The third-order valence-electron chi connectivity index (χ3n) is 4.20. The topological polar surface area (TPSA) is 27.0 Å². The molecule has 0 aromatic heterocycles. The largest absolute Gasteiger partial charge is 0.294 e. The molecule has 0 unspecified atom stereocenters. The minimum Gasteiger partial charge on any atom is -0.294 e. The van der Waals surface area contributed by atoms with Crippen LogP contribution in [0.5, 0.6) is 0 Å². The number of likely N-dealkylation sites (tertiary alicyclic amines) is 1. The number of benzene rings is 1. The van der Waals surface area contributed by atoms with Gasteiger partial charge in [-0.25, -0.2) is 0 Å². The number of nitriles is 1. The van der Waals surface area contributed by atoms with E-state index in [-0.39, 0.29) is 0 Å². The third-order valence-corrected chi connectivity index (χ3v) is 4.20. The van der Waals surface area contributed by atoms with Gasteiger partial charge in [0.15, 0.2) is 0 Å². The van der Waals surface area contributed by atoms with Crippen molar-refractivity contribution in [3.05, 3.63) is 34.9 Å². The molecule has 0 radical (unpaired) electrons. The van der Waals surface area contributed by atoms with Gasteiger partial charge in [0.2, 0.25) is 0 Å². The van der Waals surface area contributed by atoms with Crippen LogP contribution in [0, 0.1) is 18.3 Å². The summed E-state index contributed by atoms with van der Waals surface area (Å²) in [6, 6.07) is 9.58. The van der Waals surface area contributed by atoms with Gasteiger partial charge in [0, 0.05) is 18.6 Å². The molecule has 2 atom stereocenters. The molecule has 0 amide bonds. The van der Waals surface area contributed by atoms with Gasteiger partial charge in [0.1, 0.15) is 0 Å². The van der Waals surface area contributed by atoms with Crippen molar-refractivity contribution in [3.63, 3.8) is 0 Å². The van der Waals surface area contributed by atoms with E-state index in [9.17, 15) is 0 Å². The van der Waals surface area contributed by atoms with Crippen molar-refractivity contribution in [2.75, 3.05) is 0 Å². The molecule has 1 heterocycles. The standard InChI is InChI=1S/C16H22N2/c1-12-9-15(10-17)7-8-16(12)11-18-13(2)5-4-6-14(18)3/h7-9,13-14H,4-6,11H2,1-3H3/t13-,14+. The maximum atomic E-state index is 8.90. The predicted molar refractivity (Wildman–Crippen MR) is 74.2 cm³/mol. The minimum atomic E-state index is 0.670. The molecule has 1 aromatic carbocycles. The van der Waals surface area contributed by atoms with Crippen molar-refractivity contribution >= 4 is 0 Å². The van der Waals surface area contributed by atoms with E-state index in [0.29, 0.717) is 12.1 Å². The first-order chi connectivity index (χ1) is 8.61. The molecule has 1 aliphatic heterocycles. The molecule has 0 bridgehead atoms. The summed E-state index contributed by atoms with van der Waals surface area (Å²) in [5, 5.41) is 8.90. The van der Waals surface area contributed by atoms with Gasteiger partial charge in [0.05, 0.1) is 11.6 Å². The number of hydrogen-bond acceptors (Lipinski definition) is 2. The molecule has 0 saturated carbocycles. The van der Waals surface area contributed by atoms with Crippen LogP contribution < -0.4 is 0 Å². The molecule has 2 nitrogen and oxygen atoms in total. The summed E-state index contributed by atoms with van der Waals surface area (Å²) in [6.07, 6.45) is 3.96. The van der Waals surface area contributed by atoms with E-state index in [1.165, 1.54) is 30.4 Å². The second kappa shape index (κ2) is 5.54. The molecule has 1 aliphatic rings. The number of piperidine rings is 1. The Kier molecular flexibility index (Phi) is 4.04. The van der Waals surface area contributed by atoms with E-state index in [4.69, 9.17) is 5.26 Å². The summed E-state index contributed by atoms with van der Waals surface area (Å²) < 4.78 is 0. The molecule has 1 aromatic rings. The van der Waals surface area contributed by atoms with Crippen LogP contribution >= 0.6 is 0 Å². The molecule has 96 valence electrons. The first kappa shape index (κ1) is 13.1. The van der Waals surface area contributed by atoms with Gasteiger partial charge < -0.3 is 0 Å². The second-order valence-electron chi connectivity index (χ2n) is 5.55. The first-order valence-corrected chi connectivity index (χ1v) is 6.87. The van der Waals surface area contributed by atoms with Gasteiger partial charge >= 0.3 is 0 Å². The number of rotatable bonds is 2. The lowest BCUT2D eigenvalue weighted by Gasteiger charge is -2.39. The van der Waals surface area contributed by atoms with E-state index >= 15 is 0 Å². The predicted octanol–water partition coefficient (Wildman–Crippen LogP) is 3.63. The SMILES string of the molecule is Cc1cc(C#N)ccc1CN1[C@H](C)CCC[C@@H]1C. The van der Waals surface area contributed by atoms with Gasteiger partial charge in [-0.05, 0) is 56.9 Å². The molecule has 2 heteroatoms. The van der Waals surface area contributed by atoms with Crippen molar-refractivity contribution in [3.8, 4) is 6.07 Å². The van der Waals surface area contributed by atoms with E-state index < -0.39 is 0 Å². The van der Waals surface area contributed by atoms with E-state index in [0.717, 1.165) is 12.1 Å². The molecule has 18 heavy (non-hydrogen) atoms. The highest BCUT2D eigenvalue weighted by molar-refractivity contribution is 5.37. The van der Waals surface area contributed by atoms with Crippen LogP contribution in [0.4, 0.5) is 0 Å². The zero-order chi connectivity index (χ0) is 13.1. The summed E-state index contributed by atoms with van der Waals surface area (Å²) in [5.74, 6) is 0. The normalized spacial score (nSPS) is 24.8. The van der Waals surface area contributed by atoms with Crippen molar-refractivity contribution in [2.45, 2.75) is 58.7 Å². The Bertz CT molecular complexity index is 449.